The number of benzene rings is 2. The van der Waals surface area contributed by atoms with E-state index in [1.54, 1.807) is 22.9 Å². The van der Waals surface area contributed by atoms with Crippen LogP contribution in [0.5, 0.6) is 0 Å². The van der Waals surface area contributed by atoms with Crippen LogP contribution < -0.4 is 11.1 Å². The summed E-state index contributed by atoms with van der Waals surface area (Å²) in [6.45, 7) is 3.77. The van der Waals surface area contributed by atoms with E-state index in [4.69, 9.17) is 10.8 Å². The predicted octanol–water partition coefficient (Wildman–Crippen LogP) is 3.75. The zero-order valence-corrected chi connectivity index (χ0v) is 17.2. The van der Waals surface area contributed by atoms with Crippen LogP contribution in [0.2, 0.25) is 0 Å². The summed E-state index contributed by atoms with van der Waals surface area (Å²) in [5.41, 5.74) is 8.16. The average molecular weight is 416 g/mol. The molecular formula is C23H21FN6O. The smallest absolute Gasteiger partial charge is 0.255 e. The Kier molecular flexibility index (Phi) is 4.25. The van der Waals surface area contributed by atoms with Crippen LogP contribution in [0.15, 0.2) is 48.5 Å². The molecule has 2 aromatic carbocycles. The van der Waals surface area contributed by atoms with E-state index in [-0.39, 0.29) is 23.5 Å². The fourth-order valence-corrected chi connectivity index (χ4v) is 4.13. The number of aromatic nitrogens is 4. The van der Waals surface area contributed by atoms with Crippen LogP contribution in [0, 0.1) is 5.82 Å². The number of halogens is 1. The van der Waals surface area contributed by atoms with Gasteiger partial charge in [-0.15, -0.1) is 0 Å². The normalized spacial score (nSPS) is 17.7. The van der Waals surface area contributed by atoms with Gasteiger partial charge >= 0.3 is 0 Å². The Balaban J connectivity index is 1.66. The zero-order valence-electron chi connectivity index (χ0n) is 17.2. The molecule has 4 aromatic rings. The van der Waals surface area contributed by atoms with Gasteiger partial charge in [0.25, 0.3) is 5.95 Å². The summed E-state index contributed by atoms with van der Waals surface area (Å²) in [6, 6.07) is 14.3. The van der Waals surface area contributed by atoms with Gasteiger partial charge in [0.15, 0.2) is 0 Å². The highest BCUT2D eigenvalue weighted by molar-refractivity contribution is 6.06. The summed E-state index contributed by atoms with van der Waals surface area (Å²) in [4.78, 5) is 21.6. The molecule has 1 unspecified atom stereocenters. The van der Waals surface area contributed by atoms with Gasteiger partial charge in [-0.1, -0.05) is 43.3 Å². The van der Waals surface area contributed by atoms with Gasteiger partial charge in [0, 0.05) is 11.8 Å². The number of nitrogens with zero attached hydrogens (tertiary/aromatic N) is 4. The van der Waals surface area contributed by atoms with Crippen LogP contribution in [0.4, 0.5) is 16.0 Å². The second kappa shape index (κ2) is 6.87. The number of para-hydroxylation sites is 1. The first-order valence-corrected chi connectivity index (χ1v) is 10.1. The molecule has 31 heavy (non-hydrogen) atoms. The SMILES string of the molecule is CCC1(C)C(=O)Nc2nc(-n3nc(Cc4ccccc4F)c4ccccc43)nc(N)c21. The Morgan fingerprint density at radius 3 is 2.65 bits per heavy atom. The minimum atomic E-state index is -0.764. The number of nitrogens with two attached hydrogens (primary N) is 1. The van der Waals surface area contributed by atoms with Crippen LogP contribution in [0.1, 0.15) is 37.1 Å². The van der Waals surface area contributed by atoms with Crippen LogP contribution in [-0.4, -0.2) is 25.7 Å². The van der Waals surface area contributed by atoms with E-state index in [0.717, 1.165) is 10.9 Å². The standard InChI is InChI=1S/C23H21FN6O/c1-3-23(2)18-19(25)26-22(28-20(18)27-21(23)31)30-17-11-7-5-9-14(17)16(29-30)12-13-8-4-6-10-15(13)24/h4-11H,3,12H2,1-2H3,(H3,25,26,27,28,31). The lowest BCUT2D eigenvalue weighted by molar-refractivity contribution is -0.120. The Morgan fingerprint density at radius 2 is 1.87 bits per heavy atom. The number of anilines is 2. The molecule has 0 fully saturated rings. The van der Waals surface area contributed by atoms with Crippen molar-refractivity contribution in [3.63, 3.8) is 0 Å². The third kappa shape index (κ3) is 2.86. The summed E-state index contributed by atoms with van der Waals surface area (Å²) < 4.78 is 15.8. The number of carbonyl (C=O) groups is 1. The Hall–Kier alpha value is -3.81. The lowest BCUT2D eigenvalue weighted by atomic mass is 9.82. The van der Waals surface area contributed by atoms with E-state index in [1.807, 2.05) is 38.1 Å². The van der Waals surface area contributed by atoms with E-state index >= 15 is 0 Å². The molecule has 0 radical (unpaired) electrons. The molecule has 1 atom stereocenters. The molecule has 0 saturated carbocycles. The van der Waals surface area contributed by atoms with E-state index in [2.05, 4.69) is 15.3 Å². The molecule has 1 amide bonds. The number of nitrogen functional groups attached to an aromatic ring is 1. The largest absolute Gasteiger partial charge is 0.383 e. The van der Waals surface area contributed by atoms with E-state index in [0.29, 0.717) is 35.5 Å². The van der Waals surface area contributed by atoms with Gasteiger partial charge < -0.3 is 11.1 Å². The molecule has 5 rings (SSSR count). The molecule has 156 valence electrons. The molecular weight excluding hydrogens is 395 g/mol. The highest BCUT2D eigenvalue weighted by Gasteiger charge is 2.44. The van der Waals surface area contributed by atoms with Crippen molar-refractivity contribution in [2.45, 2.75) is 32.1 Å². The number of carbonyl (C=O) groups excluding carboxylic acids is 1. The van der Waals surface area contributed by atoms with Crippen LogP contribution in [0.25, 0.3) is 16.9 Å². The second-order valence-corrected chi connectivity index (χ2v) is 7.92. The molecule has 7 nitrogen and oxygen atoms in total. The molecule has 3 heterocycles. The zero-order chi connectivity index (χ0) is 21.8. The van der Waals surface area contributed by atoms with Crippen molar-refractivity contribution in [2.75, 3.05) is 11.1 Å². The molecule has 1 aliphatic heterocycles. The van der Waals surface area contributed by atoms with Gasteiger partial charge in [-0.2, -0.15) is 19.7 Å². The lowest BCUT2D eigenvalue weighted by Crippen LogP contribution is -2.30. The number of amides is 1. The minimum absolute atomic E-state index is 0.145. The third-order valence-electron chi connectivity index (χ3n) is 6.09. The quantitative estimate of drug-likeness (QED) is 0.528. The van der Waals surface area contributed by atoms with Gasteiger partial charge in [-0.05, 0) is 31.0 Å². The van der Waals surface area contributed by atoms with Crippen molar-refractivity contribution >= 4 is 28.4 Å². The first kappa shape index (κ1) is 19.2. The molecule has 1 aliphatic rings. The van der Waals surface area contributed by atoms with E-state index in [9.17, 15) is 9.18 Å². The van der Waals surface area contributed by atoms with Crippen molar-refractivity contribution in [2.24, 2.45) is 0 Å². The van der Waals surface area contributed by atoms with Crippen molar-refractivity contribution in [1.29, 1.82) is 0 Å². The van der Waals surface area contributed by atoms with Gasteiger partial charge in [-0.25, -0.2) is 4.39 Å². The number of rotatable bonds is 4. The fourth-order valence-electron chi connectivity index (χ4n) is 4.13. The minimum Gasteiger partial charge on any atom is -0.383 e. The maximum absolute atomic E-state index is 14.2. The maximum atomic E-state index is 14.2. The second-order valence-electron chi connectivity index (χ2n) is 7.92. The monoisotopic (exact) mass is 416 g/mol. The van der Waals surface area contributed by atoms with Crippen molar-refractivity contribution in [3.05, 3.63) is 71.2 Å². The van der Waals surface area contributed by atoms with Gasteiger partial charge in [0.05, 0.1) is 22.2 Å². The van der Waals surface area contributed by atoms with E-state index in [1.165, 1.54) is 6.07 Å². The highest BCUT2D eigenvalue weighted by atomic mass is 19.1. The predicted molar refractivity (Wildman–Crippen MR) is 117 cm³/mol. The number of hydrogen-bond acceptors (Lipinski definition) is 5. The number of fused-ring (bicyclic) bond motifs is 2. The lowest BCUT2D eigenvalue weighted by Gasteiger charge is -2.20. The summed E-state index contributed by atoms with van der Waals surface area (Å²) in [5.74, 6) is 0.493. The first-order valence-electron chi connectivity index (χ1n) is 10.1. The summed E-state index contributed by atoms with van der Waals surface area (Å²) in [6.07, 6.45) is 0.904. The van der Waals surface area contributed by atoms with Crippen LogP contribution >= 0.6 is 0 Å². The first-order chi connectivity index (χ1) is 14.9. The fraction of sp³-hybridized carbons (Fsp3) is 0.217. The molecule has 0 aliphatic carbocycles. The van der Waals surface area contributed by atoms with Gasteiger partial charge in [0.1, 0.15) is 17.5 Å². The van der Waals surface area contributed by atoms with Crippen LogP contribution in [0.3, 0.4) is 0 Å². The van der Waals surface area contributed by atoms with Crippen LogP contribution in [-0.2, 0) is 16.6 Å². The average Bonchev–Trinajstić information content (AvgIpc) is 3.25. The highest BCUT2D eigenvalue weighted by Crippen LogP contribution is 2.42. The number of nitrogens with one attached hydrogen (secondary N) is 1. The van der Waals surface area contributed by atoms with E-state index < -0.39 is 5.41 Å². The maximum Gasteiger partial charge on any atom is 0.255 e. The summed E-state index contributed by atoms with van der Waals surface area (Å²) in [5, 5.41) is 8.40. The van der Waals surface area contributed by atoms with Crippen molar-refractivity contribution < 1.29 is 9.18 Å². The van der Waals surface area contributed by atoms with Gasteiger partial charge in [0.2, 0.25) is 5.91 Å². The third-order valence-corrected chi connectivity index (χ3v) is 6.09. The topological polar surface area (TPSA) is 98.7 Å². The summed E-state index contributed by atoms with van der Waals surface area (Å²) in [7, 11) is 0. The number of hydrogen-bond donors (Lipinski definition) is 2. The molecule has 8 heteroatoms. The Morgan fingerprint density at radius 1 is 1.13 bits per heavy atom. The summed E-state index contributed by atoms with van der Waals surface area (Å²) >= 11 is 0. The van der Waals surface area contributed by atoms with Gasteiger partial charge in [-0.3, -0.25) is 4.79 Å². The molecule has 0 bridgehead atoms. The molecule has 0 spiro atoms. The molecule has 0 saturated heterocycles. The Bertz CT molecular complexity index is 1350. The van der Waals surface area contributed by atoms with Crippen molar-refractivity contribution in [1.82, 2.24) is 19.7 Å². The Labute approximate surface area is 178 Å². The molecule has 3 N–H and O–H groups in total. The van der Waals surface area contributed by atoms with Crippen molar-refractivity contribution in [3.8, 4) is 5.95 Å². The molecule has 2 aromatic heterocycles.